The van der Waals surface area contributed by atoms with Crippen molar-refractivity contribution in [3.05, 3.63) is 35.4 Å². The molecule has 4 heteroatoms. The van der Waals surface area contributed by atoms with E-state index in [9.17, 15) is 4.79 Å². The number of hydrogen-bond acceptors (Lipinski definition) is 4. The smallest absolute Gasteiger partial charge is 0.306 e. The van der Waals surface area contributed by atoms with Gasteiger partial charge in [-0.05, 0) is 30.5 Å². The Morgan fingerprint density at radius 1 is 1.29 bits per heavy atom. The fraction of sp³-hybridized carbons (Fsp3) is 0.588. The van der Waals surface area contributed by atoms with Crippen LogP contribution in [-0.2, 0) is 16.0 Å². The summed E-state index contributed by atoms with van der Waals surface area (Å²) in [6.07, 6.45) is 2.67. The Kier molecular flexibility index (Phi) is 9.19. The summed E-state index contributed by atoms with van der Waals surface area (Å²) in [7, 11) is 1.44. The number of methoxy groups -OCH3 is 1. The van der Waals surface area contributed by atoms with Crippen LogP contribution in [0.25, 0.3) is 0 Å². The Hall–Kier alpha value is -1.00. The molecule has 1 rings (SSSR count). The first-order valence-corrected chi connectivity index (χ1v) is 8.83. The molecule has 1 N–H and O–H groups in total. The third-order valence-corrected chi connectivity index (χ3v) is 4.46. The van der Waals surface area contributed by atoms with Gasteiger partial charge in [0.15, 0.2) is 0 Å². The monoisotopic (exact) mass is 309 g/mol. The van der Waals surface area contributed by atoms with Gasteiger partial charge in [-0.2, -0.15) is 11.8 Å². The highest BCUT2D eigenvalue weighted by molar-refractivity contribution is 7.99. The van der Waals surface area contributed by atoms with Crippen LogP contribution in [0.4, 0.5) is 0 Å². The van der Waals surface area contributed by atoms with Gasteiger partial charge >= 0.3 is 5.97 Å². The van der Waals surface area contributed by atoms with Crippen LogP contribution < -0.4 is 5.32 Å². The van der Waals surface area contributed by atoms with Crippen LogP contribution in [0.15, 0.2) is 24.3 Å². The largest absolute Gasteiger partial charge is 0.469 e. The van der Waals surface area contributed by atoms with Gasteiger partial charge in [0.05, 0.1) is 13.5 Å². The summed E-state index contributed by atoms with van der Waals surface area (Å²) < 4.78 is 4.66. The molecule has 0 aliphatic rings. The van der Waals surface area contributed by atoms with Crippen molar-refractivity contribution >= 4 is 17.7 Å². The van der Waals surface area contributed by atoms with Crippen LogP contribution in [0.3, 0.4) is 0 Å². The molecule has 21 heavy (non-hydrogen) atoms. The van der Waals surface area contributed by atoms with Gasteiger partial charge in [-0.3, -0.25) is 4.79 Å². The van der Waals surface area contributed by atoms with Gasteiger partial charge in [0, 0.05) is 17.5 Å². The highest BCUT2D eigenvalue weighted by Gasteiger charge is 2.11. The first-order chi connectivity index (χ1) is 10.2. The molecule has 1 atom stereocenters. The van der Waals surface area contributed by atoms with Crippen molar-refractivity contribution in [1.82, 2.24) is 5.32 Å². The number of aryl methyl sites for hydroxylation is 1. The summed E-state index contributed by atoms with van der Waals surface area (Å²) in [4.78, 5) is 11.1. The fourth-order valence-electron chi connectivity index (χ4n) is 2.04. The number of esters is 1. The van der Waals surface area contributed by atoms with E-state index in [1.165, 1.54) is 18.2 Å². The molecule has 0 bridgehead atoms. The maximum absolute atomic E-state index is 11.1. The minimum Gasteiger partial charge on any atom is -0.469 e. The van der Waals surface area contributed by atoms with Crippen molar-refractivity contribution in [2.24, 2.45) is 0 Å². The predicted molar refractivity (Wildman–Crippen MR) is 90.8 cm³/mol. The minimum atomic E-state index is -0.132. The number of ether oxygens (including phenoxy) is 1. The highest BCUT2D eigenvalue weighted by Crippen LogP contribution is 2.20. The molecule has 0 heterocycles. The molecule has 0 saturated heterocycles. The third kappa shape index (κ3) is 7.00. The molecule has 0 amide bonds. The van der Waals surface area contributed by atoms with Gasteiger partial charge in [-0.25, -0.2) is 0 Å². The summed E-state index contributed by atoms with van der Waals surface area (Å²) in [5.74, 6) is 1.65. The molecule has 0 aliphatic heterocycles. The van der Waals surface area contributed by atoms with Gasteiger partial charge in [-0.1, -0.05) is 38.1 Å². The maximum Gasteiger partial charge on any atom is 0.306 e. The lowest BCUT2D eigenvalue weighted by atomic mass is 10.0. The zero-order chi connectivity index (χ0) is 15.5. The quantitative estimate of drug-likeness (QED) is 0.529. The molecule has 0 spiro atoms. The Morgan fingerprint density at radius 2 is 2.00 bits per heavy atom. The number of rotatable bonds is 10. The number of carbonyl (C=O) groups excluding carboxylic acids is 1. The number of hydrogen-bond donors (Lipinski definition) is 1. The lowest BCUT2D eigenvalue weighted by Gasteiger charge is -2.19. The van der Waals surface area contributed by atoms with Crippen LogP contribution in [0.5, 0.6) is 0 Å². The average Bonchev–Trinajstić information content (AvgIpc) is 2.54. The van der Waals surface area contributed by atoms with E-state index in [2.05, 4.69) is 48.2 Å². The number of carbonyl (C=O) groups is 1. The van der Waals surface area contributed by atoms with Crippen molar-refractivity contribution in [2.45, 2.75) is 39.2 Å². The molecule has 0 aromatic heterocycles. The summed E-state index contributed by atoms with van der Waals surface area (Å²) >= 11 is 1.80. The first-order valence-electron chi connectivity index (χ1n) is 7.68. The topological polar surface area (TPSA) is 38.3 Å². The maximum atomic E-state index is 11.1. The van der Waals surface area contributed by atoms with E-state index < -0.39 is 0 Å². The van der Waals surface area contributed by atoms with Gasteiger partial charge in [0.25, 0.3) is 0 Å². The molecular formula is C17H27NO2S. The molecule has 0 saturated carbocycles. The van der Waals surface area contributed by atoms with Crippen LogP contribution in [0.2, 0.25) is 0 Å². The van der Waals surface area contributed by atoms with E-state index in [-0.39, 0.29) is 5.97 Å². The number of nitrogens with one attached hydrogen (secondary N) is 1. The van der Waals surface area contributed by atoms with Crippen molar-refractivity contribution in [3.63, 3.8) is 0 Å². The summed E-state index contributed by atoms with van der Waals surface area (Å²) in [5, 5.41) is 3.59. The lowest BCUT2D eigenvalue weighted by molar-refractivity contribution is -0.140. The first kappa shape index (κ1) is 18.1. The zero-order valence-corrected chi connectivity index (χ0v) is 14.2. The van der Waals surface area contributed by atoms with Crippen LogP contribution >= 0.6 is 11.8 Å². The van der Waals surface area contributed by atoms with E-state index >= 15 is 0 Å². The molecular weight excluding hydrogens is 282 g/mol. The third-order valence-electron chi connectivity index (χ3n) is 3.39. The zero-order valence-electron chi connectivity index (χ0n) is 13.4. The molecule has 1 unspecified atom stereocenters. The standard InChI is InChI=1S/C17H27NO2S/c1-4-11-18-16(13-21-12-10-17(19)20-3)15-8-6-14(5-2)7-9-15/h6-9,16,18H,4-5,10-13H2,1-3H3. The normalized spacial score (nSPS) is 12.1. The lowest BCUT2D eigenvalue weighted by Crippen LogP contribution is -2.24. The summed E-state index contributed by atoms with van der Waals surface area (Å²) in [6, 6.07) is 9.18. The molecule has 0 radical (unpaired) electrons. The van der Waals surface area contributed by atoms with Gasteiger partial charge in [0.2, 0.25) is 0 Å². The van der Waals surface area contributed by atoms with Crippen LogP contribution in [-0.4, -0.2) is 31.1 Å². The molecule has 118 valence electrons. The second-order valence-electron chi connectivity index (χ2n) is 5.00. The molecule has 0 aliphatic carbocycles. The molecule has 3 nitrogen and oxygen atoms in total. The summed E-state index contributed by atoms with van der Waals surface area (Å²) in [6.45, 7) is 5.36. The molecule has 1 aromatic rings. The molecule has 1 aromatic carbocycles. The van der Waals surface area contributed by atoms with Crippen molar-refractivity contribution < 1.29 is 9.53 Å². The Balaban J connectivity index is 2.51. The SMILES string of the molecule is CCCNC(CSCCC(=O)OC)c1ccc(CC)cc1. The Bertz CT molecular complexity index is 406. The van der Waals surface area contributed by atoms with Crippen LogP contribution in [0, 0.1) is 0 Å². The Morgan fingerprint density at radius 3 is 2.57 bits per heavy atom. The highest BCUT2D eigenvalue weighted by atomic mass is 32.2. The van der Waals surface area contributed by atoms with E-state index in [0.717, 1.165) is 30.9 Å². The minimum absolute atomic E-state index is 0.132. The van der Waals surface area contributed by atoms with E-state index in [0.29, 0.717) is 12.5 Å². The average molecular weight is 309 g/mol. The fourth-order valence-corrected chi connectivity index (χ4v) is 3.06. The predicted octanol–water partition coefficient (Wildman–Crippen LogP) is 3.59. The van der Waals surface area contributed by atoms with Crippen molar-refractivity contribution in [2.75, 3.05) is 25.2 Å². The number of thioether (sulfide) groups is 1. The Labute approximate surface area is 132 Å². The van der Waals surface area contributed by atoms with Gasteiger partial charge < -0.3 is 10.1 Å². The number of benzene rings is 1. The summed E-state index contributed by atoms with van der Waals surface area (Å²) in [5.41, 5.74) is 2.69. The van der Waals surface area contributed by atoms with Crippen molar-refractivity contribution in [3.8, 4) is 0 Å². The molecule has 0 fully saturated rings. The van der Waals surface area contributed by atoms with E-state index in [4.69, 9.17) is 0 Å². The van der Waals surface area contributed by atoms with Crippen molar-refractivity contribution in [1.29, 1.82) is 0 Å². The second kappa shape index (κ2) is 10.7. The van der Waals surface area contributed by atoms with E-state index in [1.807, 2.05) is 0 Å². The van der Waals surface area contributed by atoms with E-state index in [1.54, 1.807) is 11.8 Å². The van der Waals surface area contributed by atoms with Gasteiger partial charge in [-0.15, -0.1) is 0 Å². The van der Waals surface area contributed by atoms with Gasteiger partial charge in [0.1, 0.15) is 0 Å². The van der Waals surface area contributed by atoms with Crippen LogP contribution in [0.1, 0.15) is 43.9 Å². The second-order valence-corrected chi connectivity index (χ2v) is 6.15.